The molecule has 0 bridgehead atoms. The number of nitrogens with zero attached hydrogens (tertiary/aromatic N) is 4. The zero-order chi connectivity index (χ0) is 19.4. The maximum Gasteiger partial charge on any atom is 0.145 e. The molecule has 0 saturated carbocycles. The van der Waals surface area contributed by atoms with Gasteiger partial charge >= 0.3 is 0 Å². The van der Waals surface area contributed by atoms with Crippen LogP contribution in [0.4, 0.5) is 0 Å². The summed E-state index contributed by atoms with van der Waals surface area (Å²) in [7, 11) is 0. The van der Waals surface area contributed by atoms with Gasteiger partial charge in [0.05, 0.1) is 21.6 Å². The fraction of sp³-hybridized carbons (Fsp3) is 0.118. The van der Waals surface area contributed by atoms with Gasteiger partial charge in [-0.1, -0.05) is 63.2 Å². The minimum absolute atomic E-state index is 0.0564. The highest BCUT2D eigenvalue weighted by molar-refractivity contribution is 6.39. The van der Waals surface area contributed by atoms with Crippen LogP contribution < -0.4 is 0 Å². The Morgan fingerprint density at radius 3 is 2.30 bits per heavy atom. The summed E-state index contributed by atoms with van der Waals surface area (Å²) in [5.74, 6) is 0. The molecule has 1 heterocycles. The molecule has 5 nitrogen and oxygen atoms in total. The Balaban J connectivity index is 1.86. The Hall–Kier alpha value is -1.50. The first-order valence-corrected chi connectivity index (χ1v) is 9.43. The summed E-state index contributed by atoms with van der Waals surface area (Å²) in [6, 6.07) is 8.27. The van der Waals surface area contributed by atoms with Crippen LogP contribution >= 0.6 is 58.0 Å². The second-order valence-electron chi connectivity index (χ2n) is 5.38. The second kappa shape index (κ2) is 9.13. The van der Waals surface area contributed by atoms with E-state index in [0.717, 1.165) is 0 Å². The smallest absolute Gasteiger partial charge is 0.145 e. The third-order valence-electron chi connectivity index (χ3n) is 3.51. The van der Waals surface area contributed by atoms with Gasteiger partial charge in [-0.05, 0) is 30.3 Å². The fourth-order valence-corrected chi connectivity index (χ4v) is 3.68. The van der Waals surface area contributed by atoms with Crippen molar-refractivity contribution in [1.82, 2.24) is 14.8 Å². The molecule has 0 aliphatic carbocycles. The van der Waals surface area contributed by atoms with Crippen molar-refractivity contribution in [1.29, 1.82) is 0 Å². The van der Waals surface area contributed by atoms with Crippen molar-refractivity contribution < 1.29 is 4.84 Å². The maximum atomic E-state index is 6.31. The van der Waals surface area contributed by atoms with Gasteiger partial charge in [-0.15, -0.1) is 0 Å². The van der Waals surface area contributed by atoms with E-state index in [9.17, 15) is 0 Å². The Morgan fingerprint density at radius 1 is 0.963 bits per heavy atom. The molecule has 27 heavy (non-hydrogen) atoms. The molecule has 2 aromatic carbocycles. The first kappa shape index (κ1) is 20.2. The lowest BCUT2D eigenvalue weighted by Gasteiger charge is -2.11. The quantitative estimate of drug-likeness (QED) is 0.324. The molecular formula is C17H11Cl5N4O. The molecular weight excluding hydrogens is 453 g/mol. The highest BCUT2D eigenvalue weighted by Gasteiger charge is 2.13. The molecule has 10 heteroatoms. The summed E-state index contributed by atoms with van der Waals surface area (Å²) in [5, 5.41) is 10.5. The first-order valence-electron chi connectivity index (χ1n) is 7.54. The number of halogens is 5. The molecule has 1 aromatic heterocycles. The number of hydrogen-bond acceptors (Lipinski definition) is 4. The number of aromatic nitrogens is 3. The summed E-state index contributed by atoms with van der Waals surface area (Å²) in [5.41, 5.74) is 1.77. The fourth-order valence-electron chi connectivity index (χ4n) is 2.24. The Kier molecular flexibility index (Phi) is 6.84. The molecule has 0 amide bonds. The van der Waals surface area contributed by atoms with Crippen molar-refractivity contribution in [3.8, 4) is 0 Å². The molecule has 0 radical (unpaired) electrons. The zero-order valence-corrected chi connectivity index (χ0v) is 17.3. The Labute approximate surface area is 180 Å². The lowest BCUT2D eigenvalue weighted by atomic mass is 10.1. The van der Waals surface area contributed by atoms with Gasteiger partial charge in [0, 0.05) is 21.2 Å². The molecule has 140 valence electrons. The third kappa shape index (κ3) is 5.27. The van der Waals surface area contributed by atoms with Crippen molar-refractivity contribution >= 4 is 63.7 Å². The standard InChI is InChI=1S/C17H11Cl5N4O/c18-10-1-2-12(14(20)3-10)17(6-26-9-23-8-24-26)25-27-7-13-15(21)4-11(19)5-16(13)22/h1-5,8-9H,6-7H2/b25-17+. The van der Waals surface area contributed by atoms with Crippen LogP contribution in [0.15, 0.2) is 48.1 Å². The highest BCUT2D eigenvalue weighted by atomic mass is 35.5. The average molecular weight is 465 g/mol. The Bertz CT molecular complexity index is 952. The molecule has 0 saturated heterocycles. The van der Waals surface area contributed by atoms with Gasteiger partial charge in [-0.2, -0.15) is 5.10 Å². The van der Waals surface area contributed by atoms with Gasteiger partial charge in [0.1, 0.15) is 25.0 Å². The van der Waals surface area contributed by atoms with E-state index in [-0.39, 0.29) is 6.61 Å². The normalized spacial score (nSPS) is 11.7. The molecule has 3 rings (SSSR count). The summed E-state index contributed by atoms with van der Waals surface area (Å²) >= 11 is 30.5. The predicted octanol–water partition coefficient (Wildman–Crippen LogP) is 6.17. The predicted molar refractivity (Wildman–Crippen MR) is 109 cm³/mol. The third-order valence-corrected chi connectivity index (χ3v) is 4.95. The van der Waals surface area contributed by atoms with E-state index in [1.807, 2.05) is 0 Å². The SMILES string of the molecule is Clc1ccc(/C(Cn2cncn2)=N/OCc2c(Cl)cc(Cl)cc2Cl)c(Cl)c1. The van der Waals surface area contributed by atoms with Crippen molar-refractivity contribution in [2.45, 2.75) is 13.2 Å². The van der Waals surface area contributed by atoms with Crippen LogP contribution in [0.3, 0.4) is 0 Å². The van der Waals surface area contributed by atoms with Gasteiger partial charge in [0.15, 0.2) is 0 Å². The summed E-state index contributed by atoms with van der Waals surface area (Å²) in [6.07, 6.45) is 2.99. The number of rotatable bonds is 6. The van der Waals surface area contributed by atoms with Crippen molar-refractivity contribution in [3.63, 3.8) is 0 Å². The summed E-state index contributed by atoms with van der Waals surface area (Å²) in [4.78, 5) is 9.41. The van der Waals surface area contributed by atoms with Crippen LogP contribution in [-0.2, 0) is 18.0 Å². The number of benzene rings is 2. The lowest BCUT2D eigenvalue weighted by Crippen LogP contribution is -2.13. The first-order chi connectivity index (χ1) is 12.9. The van der Waals surface area contributed by atoms with Crippen molar-refractivity contribution in [2.75, 3.05) is 0 Å². The topological polar surface area (TPSA) is 52.3 Å². The van der Waals surface area contributed by atoms with Gasteiger partial charge in [0.2, 0.25) is 0 Å². The molecule has 0 atom stereocenters. The summed E-state index contributed by atoms with van der Waals surface area (Å²) in [6.45, 7) is 0.352. The Morgan fingerprint density at radius 2 is 1.67 bits per heavy atom. The molecule has 0 aliphatic heterocycles. The monoisotopic (exact) mass is 462 g/mol. The zero-order valence-electron chi connectivity index (χ0n) is 13.5. The molecule has 0 aliphatic rings. The van der Waals surface area contributed by atoms with Gasteiger partial charge in [-0.3, -0.25) is 0 Å². The van der Waals surface area contributed by atoms with Crippen LogP contribution in [0.5, 0.6) is 0 Å². The van der Waals surface area contributed by atoms with Crippen molar-refractivity contribution in [3.05, 3.63) is 79.2 Å². The second-order valence-corrected chi connectivity index (χ2v) is 7.47. The lowest BCUT2D eigenvalue weighted by molar-refractivity contribution is 0.130. The molecule has 0 unspecified atom stereocenters. The highest BCUT2D eigenvalue weighted by Crippen LogP contribution is 2.30. The molecule has 0 N–H and O–H groups in total. The van der Waals surface area contributed by atoms with E-state index >= 15 is 0 Å². The van der Waals surface area contributed by atoms with Crippen LogP contribution in [0.1, 0.15) is 11.1 Å². The minimum atomic E-state index is 0.0564. The van der Waals surface area contributed by atoms with Crippen molar-refractivity contribution in [2.24, 2.45) is 5.16 Å². The van der Waals surface area contributed by atoms with E-state index in [1.54, 1.807) is 41.3 Å². The van der Waals surface area contributed by atoms with E-state index in [0.29, 0.717) is 48.5 Å². The van der Waals surface area contributed by atoms with E-state index < -0.39 is 0 Å². The molecule has 3 aromatic rings. The van der Waals surface area contributed by atoms with Crippen LogP contribution in [0.25, 0.3) is 0 Å². The number of oxime groups is 1. The minimum Gasteiger partial charge on any atom is -0.391 e. The maximum absolute atomic E-state index is 6.31. The van der Waals surface area contributed by atoms with E-state index in [4.69, 9.17) is 62.8 Å². The average Bonchev–Trinajstić information content (AvgIpc) is 3.09. The summed E-state index contributed by atoms with van der Waals surface area (Å²) < 4.78 is 1.59. The van der Waals surface area contributed by atoms with Gasteiger partial charge < -0.3 is 4.84 Å². The van der Waals surface area contributed by atoms with E-state index in [1.165, 1.54) is 6.33 Å². The molecule has 0 fully saturated rings. The van der Waals surface area contributed by atoms with Gasteiger partial charge in [0.25, 0.3) is 0 Å². The number of hydrogen-bond donors (Lipinski definition) is 0. The van der Waals surface area contributed by atoms with Gasteiger partial charge in [-0.25, -0.2) is 9.67 Å². The molecule has 0 spiro atoms. The van der Waals surface area contributed by atoms with Crippen LogP contribution in [-0.4, -0.2) is 20.5 Å². The van der Waals surface area contributed by atoms with Crippen LogP contribution in [0, 0.1) is 0 Å². The van der Waals surface area contributed by atoms with E-state index in [2.05, 4.69) is 15.2 Å². The van der Waals surface area contributed by atoms with Crippen LogP contribution in [0.2, 0.25) is 25.1 Å². The largest absolute Gasteiger partial charge is 0.391 e.